The molecular formula is C12H15N3OS. The van der Waals surface area contributed by atoms with Crippen LogP contribution in [0.25, 0.3) is 11.5 Å². The normalized spacial score (nSPS) is 19.4. The second kappa shape index (κ2) is 4.23. The minimum absolute atomic E-state index is 0.379. The highest BCUT2D eigenvalue weighted by Crippen LogP contribution is 2.34. The summed E-state index contributed by atoms with van der Waals surface area (Å²) in [6.45, 7) is 0. The summed E-state index contributed by atoms with van der Waals surface area (Å²) in [4.78, 5) is 4.45. The van der Waals surface area contributed by atoms with E-state index in [1.54, 1.807) is 11.3 Å². The molecule has 0 aromatic carbocycles. The van der Waals surface area contributed by atoms with Crippen LogP contribution in [0.5, 0.6) is 0 Å². The average molecular weight is 249 g/mol. The summed E-state index contributed by atoms with van der Waals surface area (Å²) in [6.07, 6.45) is 5.47. The Morgan fingerprint density at radius 2 is 2.12 bits per heavy atom. The molecule has 3 rings (SSSR count). The van der Waals surface area contributed by atoms with Gasteiger partial charge in [0.15, 0.2) is 5.82 Å². The third kappa shape index (κ3) is 2.00. The van der Waals surface area contributed by atoms with E-state index in [2.05, 4.69) is 10.1 Å². The van der Waals surface area contributed by atoms with Crippen molar-refractivity contribution in [1.29, 1.82) is 0 Å². The van der Waals surface area contributed by atoms with Crippen molar-refractivity contribution in [2.24, 2.45) is 5.73 Å². The molecule has 1 fully saturated rings. The standard InChI is InChI=1S/C12H15N3OS/c13-12(5-2-1-3-6-12)11-14-10(16-15-11)9-4-7-17-8-9/h4,7-8H,1-3,5-6,13H2. The molecule has 0 atom stereocenters. The topological polar surface area (TPSA) is 64.9 Å². The quantitative estimate of drug-likeness (QED) is 0.888. The van der Waals surface area contributed by atoms with E-state index in [1.807, 2.05) is 16.8 Å². The molecule has 0 aliphatic heterocycles. The second-order valence-electron chi connectivity index (χ2n) is 4.65. The lowest BCUT2D eigenvalue weighted by atomic mass is 9.82. The summed E-state index contributed by atoms with van der Waals surface area (Å²) in [7, 11) is 0. The van der Waals surface area contributed by atoms with Gasteiger partial charge in [-0.1, -0.05) is 24.4 Å². The minimum Gasteiger partial charge on any atom is -0.334 e. The van der Waals surface area contributed by atoms with Crippen LogP contribution < -0.4 is 5.73 Å². The van der Waals surface area contributed by atoms with E-state index in [4.69, 9.17) is 10.3 Å². The van der Waals surface area contributed by atoms with E-state index in [0.717, 1.165) is 31.2 Å². The Morgan fingerprint density at radius 1 is 1.29 bits per heavy atom. The zero-order valence-electron chi connectivity index (χ0n) is 9.56. The van der Waals surface area contributed by atoms with Crippen molar-refractivity contribution in [2.75, 3.05) is 0 Å². The van der Waals surface area contributed by atoms with Gasteiger partial charge in [0.1, 0.15) is 0 Å². The SMILES string of the molecule is NC1(c2noc(-c3ccsc3)n2)CCCCC1. The molecular weight excluding hydrogens is 234 g/mol. The van der Waals surface area contributed by atoms with E-state index in [9.17, 15) is 0 Å². The van der Waals surface area contributed by atoms with Crippen molar-refractivity contribution in [3.8, 4) is 11.5 Å². The summed E-state index contributed by atoms with van der Waals surface area (Å²) in [5.41, 5.74) is 6.97. The number of hydrogen-bond acceptors (Lipinski definition) is 5. The fourth-order valence-corrected chi connectivity index (χ4v) is 2.97. The third-order valence-corrected chi connectivity index (χ3v) is 4.07. The van der Waals surface area contributed by atoms with Crippen LogP contribution >= 0.6 is 11.3 Å². The zero-order valence-corrected chi connectivity index (χ0v) is 10.4. The van der Waals surface area contributed by atoms with Crippen molar-refractivity contribution in [1.82, 2.24) is 10.1 Å². The summed E-state index contributed by atoms with van der Waals surface area (Å²) in [5, 5.41) is 8.06. The largest absolute Gasteiger partial charge is 0.334 e. The fraction of sp³-hybridized carbons (Fsp3) is 0.500. The van der Waals surface area contributed by atoms with Crippen molar-refractivity contribution in [2.45, 2.75) is 37.6 Å². The van der Waals surface area contributed by atoms with Crippen molar-refractivity contribution in [3.63, 3.8) is 0 Å². The van der Waals surface area contributed by atoms with Crippen molar-refractivity contribution < 1.29 is 4.52 Å². The van der Waals surface area contributed by atoms with E-state index >= 15 is 0 Å². The van der Waals surface area contributed by atoms with Gasteiger partial charge in [0.05, 0.1) is 11.1 Å². The van der Waals surface area contributed by atoms with Crippen molar-refractivity contribution >= 4 is 11.3 Å². The van der Waals surface area contributed by atoms with Crippen LogP contribution in [0.1, 0.15) is 37.9 Å². The van der Waals surface area contributed by atoms with Crippen LogP contribution in [-0.2, 0) is 5.54 Å². The van der Waals surface area contributed by atoms with Crippen LogP contribution in [0, 0.1) is 0 Å². The smallest absolute Gasteiger partial charge is 0.258 e. The summed E-state index contributed by atoms with van der Waals surface area (Å²) >= 11 is 1.62. The highest BCUT2D eigenvalue weighted by Gasteiger charge is 2.34. The Balaban J connectivity index is 1.89. The van der Waals surface area contributed by atoms with Gasteiger partial charge in [-0.2, -0.15) is 16.3 Å². The first-order valence-corrected chi connectivity index (χ1v) is 6.88. The molecule has 0 amide bonds. The van der Waals surface area contributed by atoms with Crippen LogP contribution in [0.3, 0.4) is 0 Å². The van der Waals surface area contributed by atoms with Gasteiger partial charge in [-0.05, 0) is 24.3 Å². The Kier molecular flexibility index (Phi) is 2.72. The van der Waals surface area contributed by atoms with Gasteiger partial charge < -0.3 is 10.3 Å². The van der Waals surface area contributed by atoms with Crippen molar-refractivity contribution in [3.05, 3.63) is 22.7 Å². The van der Waals surface area contributed by atoms with Crippen LogP contribution in [0.15, 0.2) is 21.3 Å². The van der Waals surface area contributed by atoms with Crippen LogP contribution in [0.4, 0.5) is 0 Å². The summed E-state index contributed by atoms with van der Waals surface area (Å²) in [5.74, 6) is 1.25. The first-order valence-electron chi connectivity index (χ1n) is 5.94. The lowest BCUT2D eigenvalue weighted by molar-refractivity contribution is 0.275. The van der Waals surface area contributed by atoms with Gasteiger partial charge in [0, 0.05) is 5.38 Å². The average Bonchev–Trinajstić information content (AvgIpc) is 3.01. The van der Waals surface area contributed by atoms with Crippen LogP contribution in [-0.4, -0.2) is 10.1 Å². The molecule has 0 saturated heterocycles. The number of rotatable bonds is 2. The number of hydrogen-bond donors (Lipinski definition) is 1. The number of nitrogens with zero attached hydrogens (tertiary/aromatic N) is 2. The maximum atomic E-state index is 6.36. The van der Waals surface area contributed by atoms with Gasteiger partial charge in [-0.25, -0.2) is 0 Å². The molecule has 0 bridgehead atoms. The Labute approximate surface area is 104 Å². The maximum absolute atomic E-state index is 6.36. The Morgan fingerprint density at radius 3 is 2.82 bits per heavy atom. The van der Waals surface area contributed by atoms with E-state index < -0.39 is 0 Å². The molecule has 2 heterocycles. The first kappa shape index (κ1) is 10.9. The lowest BCUT2D eigenvalue weighted by Gasteiger charge is -2.29. The number of nitrogens with two attached hydrogens (primary N) is 1. The highest BCUT2D eigenvalue weighted by molar-refractivity contribution is 7.08. The molecule has 5 heteroatoms. The van der Waals surface area contributed by atoms with Gasteiger partial charge in [-0.15, -0.1) is 0 Å². The summed E-state index contributed by atoms with van der Waals surface area (Å²) < 4.78 is 5.29. The van der Waals surface area contributed by atoms with E-state index in [1.165, 1.54) is 6.42 Å². The van der Waals surface area contributed by atoms with Gasteiger partial charge in [0.25, 0.3) is 5.89 Å². The molecule has 0 spiro atoms. The predicted octanol–water partition coefficient (Wildman–Crippen LogP) is 2.92. The van der Waals surface area contributed by atoms with E-state index in [-0.39, 0.29) is 5.54 Å². The molecule has 0 radical (unpaired) electrons. The van der Waals surface area contributed by atoms with Gasteiger partial charge in [-0.3, -0.25) is 0 Å². The molecule has 17 heavy (non-hydrogen) atoms. The molecule has 4 nitrogen and oxygen atoms in total. The monoisotopic (exact) mass is 249 g/mol. The first-order chi connectivity index (χ1) is 8.28. The Bertz CT molecular complexity index is 486. The van der Waals surface area contributed by atoms with Gasteiger partial charge in [0.2, 0.25) is 0 Å². The van der Waals surface area contributed by atoms with E-state index in [0.29, 0.717) is 11.7 Å². The summed E-state index contributed by atoms with van der Waals surface area (Å²) in [6, 6.07) is 1.98. The predicted molar refractivity (Wildman–Crippen MR) is 66.6 cm³/mol. The minimum atomic E-state index is -0.379. The Hall–Kier alpha value is -1.20. The lowest BCUT2D eigenvalue weighted by Crippen LogP contribution is -2.39. The van der Waals surface area contributed by atoms with Gasteiger partial charge >= 0.3 is 0 Å². The molecule has 1 aliphatic carbocycles. The number of aromatic nitrogens is 2. The molecule has 1 aliphatic rings. The molecule has 90 valence electrons. The number of thiophene rings is 1. The molecule has 2 aromatic rings. The maximum Gasteiger partial charge on any atom is 0.258 e. The second-order valence-corrected chi connectivity index (χ2v) is 5.43. The molecule has 0 unspecified atom stereocenters. The molecule has 2 N–H and O–H groups in total. The third-order valence-electron chi connectivity index (χ3n) is 3.39. The fourth-order valence-electron chi connectivity index (χ4n) is 2.34. The highest BCUT2D eigenvalue weighted by atomic mass is 32.1. The van der Waals surface area contributed by atoms with Crippen LogP contribution in [0.2, 0.25) is 0 Å². The molecule has 2 aromatic heterocycles. The zero-order chi connectivity index (χ0) is 11.7. The molecule has 1 saturated carbocycles.